The van der Waals surface area contributed by atoms with Crippen LogP contribution in [0.1, 0.15) is 32.2 Å². The summed E-state index contributed by atoms with van der Waals surface area (Å²) >= 11 is 6.23. The Hall–Kier alpha value is -0.870. The van der Waals surface area contributed by atoms with Crippen LogP contribution in [-0.2, 0) is 24.2 Å². The maximum Gasteiger partial charge on any atom is 0.142 e. The fourth-order valence-electron chi connectivity index (χ4n) is 1.66. The van der Waals surface area contributed by atoms with Crippen LogP contribution in [0.25, 0.3) is 0 Å². The third-order valence-electron chi connectivity index (χ3n) is 2.94. The second-order valence-electron chi connectivity index (χ2n) is 4.16. The van der Waals surface area contributed by atoms with Gasteiger partial charge in [0.25, 0.3) is 0 Å². The zero-order valence-corrected chi connectivity index (χ0v) is 11.4. The van der Waals surface area contributed by atoms with Gasteiger partial charge < -0.3 is 5.73 Å². The largest absolute Gasteiger partial charge is 0.330 e. The molecule has 1 heterocycles. The van der Waals surface area contributed by atoms with Crippen molar-refractivity contribution in [3.05, 3.63) is 16.4 Å². The average molecular weight is 258 g/mol. The first kappa shape index (κ1) is 14.2. The van der Waals surface area contributed by atoms with E-state index in [9.17, 15) is 4.79 Å². The normalized spacial score (nSPS) is 12.8. The van der Waals surface area contributed by atoms with E-state index in [4.69, 9.17) is 17.3 Å². The van der Waals surface area contributed by atoms with Gasteiger partial charge in [-0.3, -0.25) is 9.48 Å². The number of aromatic nitrogens is 2. The quantitative estimate of drug-likeness (QED) is 0.846. The topological polar surface area (TPSA) is 60.9 Å². The molecule has 0 spiro atoms. The van der Waals surface area contributed by atoms with Crippen LogP contribution in [-0.4, -0.2) is 22.1 Å². The van der Waals surface area contributed by atoms with Crippen LogP contribution in [0.4, 0.5) is 0 Å². The summed E-state index contributed by atoms with van der Waals surface area (Å²) in [7, 11) is 0. The third-order valence-corrected chi connectivity index (χ3v) is 3.38. The van der Waals surface area contributed by atoms with Crippen LogP contribution in [0, 0.1) is 5.92 Å². The maximum atomic E-state index is 11.9. The van der Waals surface area contributed by atoms with Crippen molar-refractivity contribution in [3.63, 3.8) is 0 Å². The highest BCUT2D eigenvalue weighted by Crippen LogP contribution is 2.22. The van der Waals surface area contributed by atoms with E-state index in [-0.39, 0.29) is 11.7 Å². The lowest BCUT2D eigenvalue weighted by Crippen LogP contribution is -2.23. The van der Waals surface area contributed by atoms with Crippen molar-refractivity contribution in [3.8, 4) is 0 Å². The lowest BCUT2D eigenvalue weighted by Gasteiger charge is -2.08. The molecule has 1 atom stereocenters. The molecule has 0 aliphatic heterocycles. The van der Waals surface area contributed by atoms with E-state index in [0.29, 0.717) is 18.0 Å². The molecule has 0 amide bonds. The van der Waals surface area contributed by atoms with Gasteiger partial charge in [-0.15, -0.1) is 0 Å². The van der Waals surface area contributed by atoms with Crippen molar-refractivity contribution in [2.45, 2.75) is 40.2 Å². The van der Waals surface area contributed by atoms with E-state index in [1.54, 1.807) is 0 Å². The summed E-state index contributed by atoms with van der Waals surface area (Å²) in [5, 5.41) is 5.02. The molecule has 0 fully saturated rings. The molecule has 0 radical (unpaired) electrons. The molecule has 1 aromatic rings. The Morgan fingerprint density at radius 3 is 2.65 bits per heavy atom. The van der Waals surface area contributed by atoms with Crippen molar-refractivity contribution in [1.29, 1.82) is 0 Å². The van der Waals surface area contributed by atoms with Gasteiger partial charge in [0.2, 0.25) is 0 Å². The van der Waals surface area contributed by atoms with Crippen LogP contribution >= 0.6 is 11.6 Å². The molecule has 96 valence electrons. The van der Waals surface area contributed by atoms with E-state index < -0.39 is 0 Å². The van der Waals surface area contributed by atoms with Gasteiger partial charge in [0.1, 0.15) is 5.78 Å². The van der Waals surface area contributed by atoms with E-state index in [2.05, 4.69) is 5.10 Å². The summed E-state index contributed by atoms with van der Waals surface area (Å²) in [6.07, 6.45) is 1.09. The standard InChI is InChI=1S/C12H20ClN3O/c1-4-9-12(13)10(16(5-2)15-9)6-11(17)8(3)7-14/h8H,4-7,14H2,1-3H3. The van der Waals surface area contributed by atoms with E-state index in [1.165, 1.54) is 0 Å². The highest BCUT2D eigenvalue weighted by Gasteiger charge is 2.19. The highest BCUT2D eigenvalue weighted by atomic mass is 35.5. The minimum absolute atomic E-state index is 0.117. The molecule has 0 aliphatic rings. The Labute approximate surface area is 107 Å². The Bertz CT molecular complexity index is 401. The number of aryl methyl sites for hydroxylation is 2. The first-order valence-electron chi connectivity index (χ1n) is 6.01. The first-order valence-corrected chi connectivity index (χ1v) is 6.39. The van der Waals surface area contributed by atoms with Crippen molar-refractivity contribution < 1.29 is 4.79 Å². The molecule has 1 rings (SSSR count). The fourth-order valence-corrected chi connectivity index (χ4v) is 1.99. The van der Waals surface area contributed by atoms with Gasteiger partial charge in [0.15, 0.2) is 0 Å². The summed E-state index contributed by atoms with van der Waals surface area (Å²) in [6.45, 7) is 6.92. The number of hydrogen-bond donors (Lipinski definition) is 1. The van der Waals surface area contributed by atoms with Gasteiger partial charge >= 0.3 is 0 Å². The average Bonchev–Trinajstić information content (AvgIpc) is 2.65. The summed E-state index contributed by atoms with van der Waals surface area (Å²) < 4.78 is 1.81. The molecular formula is C12H20ClN3O. The summed E-state index contributed by atoms with van der Waals surface area (Å²) in [6, 6.07) is 0. The summed E-state index contributed by atoms with van der Waals surface area (Å²) in [5.41, 5.74) is 7.16. The monoisotopic (exact) mass is 257 g/mol. The van der Waals surface area contributed by atoms with E-state index in [1.807, 2.05) is 25.5 Å². The van der Waals surface area contributed by atoms with Gasteiger partial charge in [-0.1, -0.05) is 25.4 Å². The molecular weight excluding hydrogens is 238 g/mol. The molecule has 0 saturated heterocycles. The summed E-state index contributed by atoms with van der Waals surface area (Å²) in [4.78, 5) is 11.9. The molecule has 5 heteroatoms. The minimum atomic E-state index is -0.128. The Balaban J connectivity index is 2.97. The first-order chi connectivity index (χ1) is 8.04. The molecule has 4 nitrogen and oxygen atoms in total. The van der Waals surface area contributed by atoms with Gasteiger partial charge in [0.05, 0.1) is 22.8 Å². The molecule has 2 N–H and O–H groups in total. The highest BCUT2D eigenvalue weighted by molar-refractivity contribution is 6.32. The molecule has 0 saturated carbocycles. The molecule has 0 aromatic carbocycles. The van der Waals surface area contributed by atoms with Crippen LogP contribution in [0.15, 0.2) is 0 Å². The van der Waals surface area contributed by atoms with Crippen molar-refractivity contribution in [1.82, 2.24) is 9.78 Å². The molecule has 1 unspecified atom stereocenters. The molecule has 17 heavy (non-hydrogen) atoms. The van der Waals surface area contributed by atoms with Crippen molar-refractivity contribution in [2.75, 3.05) is 6.54 Å². The third kappa shape index (κ3) is 3.07. The van der Waals surface area contributed by atoms with Gasteiger partial charge in [-0.05, 0) is 13.3 Å². The van der Waals surface area contributed by atoms with Gasteiger partial charge in [-0.2, -0.15) is 5.10 Å². The lowest BCUT2D eigenvalue weighted by atomic mass is 10.0. The van der Waals surface area contributed by atoms with Crippen molar-refractivity contribution in [2.24, 2.45) is 11.7 Å². The molecule has 1 aromatic heterocycles. The maximum absolute atomic E-state index is 11.9. The van der Waals surface area contributed by atoms with Gasteiger partial charge in [-0.25, -0.2) is 0 Å². The Kier molecular flexibility index (Phi) is 5.15. The van der Waals surface area contributed by atoms with Crippen LogP contribution in [0.2, 0.25) is 5.02 Å². The second kappa shape index (κ2) is 6.17. The number of halogens is 1. The van der Waals surface area contributed by atoms with E-state index in [0.717, 1.165) is 24.4 Å². The Morgan fingerprint density at radius 1 is 1.53 bits per heavy atom. The number of carbonyl (C=O) groups excluding carboxylic acids is 1. The number of hydrogen-bond acceptors (Lipinski definition) is 3. The number of Topliss-reactive ketones (excluding diaryl/α,β-unsaturated/α-hetero) is 1. The number of nitrogens with zero attached hydrogens (tertiary/aromatic N) is 2. The van der Waals surface area contributed by atoms with Crippen LogP contribution in [0.3, 0.4) is 0 Å². The Morgan fingerprint density at radius 2 is 2.18 bits per heavy atom. The fraction of sp³-hybridized carbons (Fsp3) is 0.667. The SMILES string of the molecule is CCc1nn(CC)c(CC(=O)C(C)CN)c1Cl. The number of nitrogens with two attached hydrogens (primary N) is 1. The van der Waals surface area contributed by atoms with Gasteiger partial charge in [0, 0.05) is 19.0 Å². The predicted molar refractivity (Wildman–Crippen MR) is 69.2 cm³/mol. The van der Waals surface area contributed by atoms with Crippen molar-refractivity contribution >= 4 is 17.4 Å². The van der Waals surface area contributed by atoms with Crippen LogP contribution in [0.5, 0.6) is 0 Å². The number of ketones is 1. The lowest BCUT2D eigenvalue weighted by molar-refractivity contribution is -0.121. The molecule has 0 aliphatic carbocycles. The predicted octanol–water partition coefficient (Wildman–Crippen LogP) is 1.83. The van der Waals surface area contributed by atoms with Crippen LogP contribution < -0.4 is 5.73 Å². The molecule has 0 bridgehead atoms. The summed E-state index contributed by atoms with van der Waals surface area (Å²) in [5.74, 6) is -0.0111. The zero-order chi connectivity index (χ0) is 13.0. The zero-order valence-electron chi connectivity index (χ0n) is 10.7. The number of rotatable bonds is 6. The minimum Gasteiger partial charge on any atom is -0.330 e. The second-order valence-corrected chi connectivity index (χ2v) is 4.53. The van der Waals surface area contributed by atoms with E-state index >= 15 is 0 Å². The number of carbonyl (C=O) groups is 1. The smallest absolute Gasteiger partial charge is 0.142 e.